The molecule has 0 amide bonds. The Hall–Kier alpha value is -7.46. The first-order valence-corrected chi connectivity index (χ1v) is 19.1. The molecule has 1 aliphatic carbocycles. The Balaban J connectivity index is 1.54. The Labute approximate surface area is 336 Å². The van der Waals surface area contributed by atoms with Crippen molar-refractivity contribution >= 4 is 17.8 Å². The van der Waals surface area contributed by atoms with Crippen molar-refractivity contribution in [2.45, 2.75) is 25.7 Å². The predicted molar refractivity (Wildman–Crippen MR) is 239 cm³/mol. The van der Waals surface area contributed by atoms with Crippen LogP contribution in [0.2, 0.25) is 0 Å². The maximum Gasteiger partial charge on any atom is 0.0988 e. The van der Waals surface area contributed by atoms with Crippen LogP contribution in [0.25, 0.3) is 51.2 Å². The number of hydrogen-bond acceptors (Lipinski definition) is 3. The Kier molecular flexibility index (Phi) is 11.0. The van der Waals surface area contributed by atoms with E-state index in [1.165, 1.54) is 11.1 Å². The zero-order chi connectivity index (χ0) is 39.9. The Bertz CT molecular complexity index is 2690. The number of hydrogen-bond donors (Lipinski definition) is 1. The first kappa shape index (κ1) is 37.8. The highest BCUT2D eigenvalue weighted by Gasteiger charge is 2.47. The zero-order valence-electron chi connectivity index (χ0n) is 32.3. The highest BCUT2D eigenvalue weighted by Crippen LogP contribution is 2.59. The minimum Gasteiger partial charge on any atom is -0.398 e. The van der Waals surface area contributed by atoms with Crippen molar-refractivity contribution in [1.29, 1.82) is 10.5 Å². The lowest BCUT2D eigenvalue weighted by atomic mass is 9.66. The van der Waals surface area contributed by atoms with Gasteiger partial charge < -0.3 is 5.73 Å². The molecule has 0 saturated carbocycles. The summed E-state index contributed by atoms with van der Waals surface area (Å²) < 4.78 is 0. The highest BCUT2D eigenvalue weighted by molar-refractivity contribution is 5.98. The van der Waals surface area contributed by atoms with Crippen LogP contribution in [0.4, 0.5) is 0 Å². The number of fused-ring (bicyclic) bond motifs is 3. The number of benzene rings is 6. The van der Waals surface area contributed by atoms with Gasteiger partial charge in [0.2, 0.25) is 0 Å². The minimum atomic E-state index is -0.680. The van der Waals surface area contributed by atoms with Crippen LogP contribution < -0.4 is 5.73 Å². The van der Waals surface area contributed by atoms with Crippen LogP contribution in [0.15, 0.2) is 188 Å². The number of allylic oxidation sites excluding steroid dienone is 7. The summed E-state index contributed by atoms with van der Waals surface area (Å²) in [5, 5.41) is 19.1. The van der Waals surface area contributed by atoms with Gasteiger partial charge in [0.05, 0.1) is 17.6 Å². The molecule has 3 nitrogen and oxygen atoms in total. The van der Waals surface area contributed by atoms with Gasteiger partial charge in [-0.05, 0) is 122 Å². The van der Waals surface area contributed by atoms with Gasteiger partial charge in [-0.1, -0.05) is 165 Å². The fourth-order valence-corrected chi connectivity index (χ4v) is 8.24. The van der Waals surface area contributed by atoms with E-state index in [1.54, 1.807) is 18.2 Å². The maximum absolute atomic E-state index is 9.55. The number of nitriles is 2. The van der Waals surface area contributed by atoms with Gasteiger partial charge in [0.15, 0.2) is 0 Å². The summed E-state index contributed by atoms with van der Waals surface area (Å²) in [6.45, 7) is 12.1. The van der Waals surface area contributed by atoms with Crippen molar-refractivity contribution in [2.75, 3.05) is 0 Å². The van der Waals surface area contributed by atoms with E-state index in [2.05, 4.69) is 166 Å². The molecule has 6 aromatic carbocycles. The summed E-state index contributed by atoms with van der Waals surface area (Å²) in [6.07, 6.45) is 13.9. The van der Waals surface area contributed by atoms with E-state index in [4.69, 9.17) is 5.73 Å². The van der Waals surface area contributed by atoms with E-state index >= 15 is 0 Å². The molecule has 1 aliphatic rings. The summed E-state index contributed by atoms with van der Waals surface area (Å²) >= 11 is 0. The molecule has 274 valence electrons. The lowest BCUT2D eigenvalue weighted by Gasteiger charge is -2.34. The molecular weight excluding hydrogens is 691 g/mol. The van der Waals surface area contributed by atoms with Crippen LogP contribution >= 0.6 is 0 Å². The van der Waals surface area contributed by atoms with Crippen molar-refractivity contribution in [2.24, 2.45) is 5.73 Å². The Morgan fingerprint density at radius 2 is 1.33 bits per heavy atom. The third kappa shape index (κ3) is 6.89. The van der Waals surface area contributed by atoms with E-state index in [0.717, 1.165) is 66.8 Å². The molecule has 0 atom stereocenters. The van der Waals surface area contributed by atoms with Gasteiger partial charge in [-0.15, -0.1) is 0 Å². The molecule has 0 heterocycles. The molecule has 0 fully saturated rings. The zero-order valence-corrected chi connectivity index (χ0v) is 32.3. The molecule has 57 heavy (non-hydrogen) atoms. The fraction of sp³-hybridized carbons (Fsp3) is 0.0741. The summed E-state index contributed by atoms with van der Waals surface area (Å²) in [7, 11) is 0. The molecule has 0 saturated heterocycles. The Morgan fingerprint density at radius 1 is 0.667 bits per heavy atom. The standard InChI is InChI=1S/C54H43N3/c1-5-17-47-46(8-4)53-48-29-28-41(40-19-16-21-43(32-40)52(57)31-38(7-3)36-56)33-50(48)54(44-22-11-9-12-23-44,45-24-13-10-14-25-45)51(53)34-49(47)42-20-15-18-39(30-42)27-26-37(6-2)35-55/h5-26,28-34H,2,4,27,57H2,1,3H3/b17-5-,37-26+,38-7+,52-31-. The van der Waals surface area contributed by atoms with Crippen molar-refractivity contribution in [1.82, 2.24) is 0 Å². The van der Waals surface area contributed by atoms with Gasteiger partial charge >= 0.3 is 0 Å². The summed E-state index contributed by atoms with van der Waals surface area (Å²) in [5.74, 6) is 0. The van der Waals surface area contributed by atoms with Crippen molar-refractivity contribution in [3.63, 3.8) is 0 Å². The maximum atomic E-state index is 9.55. The van der Waals surface area contributed by atoms with E-state index in [-0.39, 0.29) is 0 Å². The average Bonchev–Trinajstić information content (AvgIpc) is 3.56. The first-order valence-electron chi connectivity index (χ1n) is 19.1. The first-order chi connectivity index (χ1) is 27.9. The van der Waals surface area contributed by atoms with E-state index < -0.39 is 5.41 Å². The molecular formula is C54H43N3. The van der Waals surface area contributed by atoms with E-state index in [0.29, 0.717) is 23.3 Å². The molecule has 0 unspecified atom stereocenters. The van der Waals surface area contributed by atoms with Crippen LogP contribution in [0.3, 0.4) is 0 Å². The lowest BCUT2D eigenvalue weighted by Crippen LogP contribution is -2.28. The number of nitrogens with two attached hydrogens (primary N) is 1. The predicted octanol–water partition coefficient (Wildman–Crippen LogP) is 13.0. The topological polar surface area (TPSA) is 73.6 Å². The molecule has 0 bridgehead atoms. The monoisotopic (exact) mass is 733 g/mol. The number of nitrogens with zero attached hydrogens (tertiary/aromatic N) is 2. The average molecular weight is 734 g/mol. The molecule has 0 radical (unpaired) electrons. The molecule has 6 aromatic rings. The largest absolute Gasteiger partial charge is 0.398 e. The molecule has 0 aromatic heterocycles. The minimum absolute atomic E-state index is 0.516. The van der Waals surface area contributed by atoms with Gasteiger partial charge in [0, 0.05) is 16.8 Å². The van der Waals surface area contributed by atoms with Crippen LogP contribution in [0.5, 0.6) is 0 Å². The van der Waals surface area contributed by atoms with E-state index in [9.17, 15) is 10.5 Å². The van der Waals surface area contributed by atoms with Crippen molar-refractivity contribution in [3.05, 3.63) is 233 Å². The summed E-state index contributed by atoms with van der Waals surface area (Å²) in [5.41, 5.74) is 22.9. The quantitative estimate of drug-likeness (QED) is 0.106. The van der Waals surface area contributed by atoms with Crippen LogP contribution in [0, 0.1) is 22.7 Å². The normalized spacial score (nSPS) is 13.4. The van der Waals surface area contributed by atoms with Gasteiger partial charge in [-0.2, -0.15) is 10.5 Å². The van der Waals surface area contributed by atoms with Crippen LogP contribution in [-0.4, -0.2) is 0 Å². The van der Waals surface area contributed by atoms with Crippen LogP contribution in [0.1, 0.15) is 58.4 Å². The fourth-order valence-electron chi connectivity index (χ4n) is 8.24. The number of rotatable bonds is 11. The van der Waals surface area contributed by atoms with Crippen molar-refractivity contribution < 1.29 is 0 Å². The molecule has 0 aliphatic heterocycles. The smallest absolute Gasteiger partial charge is 0.0988 e. The van der Waals surface area contributed by atoms with Crippen molar-refractivity contribution in [3.8, 4) is 45.5 Å². The second kappa shape index (κ2) is 16.5. The molecule has 3 heteroatoms. The van der Waals surface area contributed by atoms with E-state index in [1.807, 2.05) is 31.2 Å². The highest BCUT2D eigenvalue weighted by atomic mass is 14.6. The van der Waals surface area contributed by atoms with Gasteiger partial charge in [0.1, 0.15) is 0 Å². The van der Waals surface area contributed by atoms with Gasteiger partial charge in [-0.25, -0.2) is 0 Å². The lowest BCUT2D eigenvalue weighted by molar-refractivity contribution is 0.769. The van der Waals surface area contributed by atoms with Gasteiger partial charge in [-0.3, -0.25) is 0 Å². The van der Waals surface area contributed by atoms with Crippen LogP contribution in [-0.2, 0) is 11.8 Å². The molecule has 0 spiro atoms. The molecule has 7 rings (SSSR count). The second-order valence-corrected chi connectivity index (χ2v) is 14.0. The summed E-state index contributed by atoms with van der Waals surface area (Å²) in [4.78, 5) is 0. The SMILES string of the molecule is C=C/C(C#N)=C\Cc1cccc(-c2cc3c(c(C=C)c2/C=C\C)-c2ccc(-c4cccc(/C(N)=C/C(C#N)=C\C)c4)cc2C3(c2ccccc2)c2ccccc2)c1. The third-order valence-corrected chi connectivity index (χ3v) is 10.9. The summed E-state index contributed by atoms with van der Waals surface area (Å²) in [6, 6.07) is 52.1. The third-order valence-electron chi connectivity index (χ3n) is 10.9. The van der Waals surface area contributed by atoms with Gasteiger partial charge in [0.25, 0.3) is 0 Å². The molecule has 2 N–H and O–H groups in total. The second-order valence-electron chi connectivity index (χ2n) is 14.0. The Morgan fingerprint density at radius 3 is 1.96 bits per heavy atom.